The highest BCUT2D eigenvalue weighted by molar-refractivity contribution is 5.86. The van der Waals surface area contributed by atoms with E-state index >= 15 is 0 Å². The Morgan fingerprint density at radius 1 is 1.32 bits per heavy atom. The number of hydrogen-bond donors (Lipinski definition) is 4. The zero-order valence-corrected chi connectivity index (χ0v) is 9.92. The van der Waals surface area contributed by atoms with E-state index in [1.54, 1.807) is 16.8 Å². The second-order valence-electron chi connectivity index (χ2n) is 4.45. The fourth-order valence-electron chi connectivity index (χ4n) is 2.31. The van der Waals surface area contributed by atoms with Crippen LogP contribution in [0.3, 0.4) is 0 Å². The molecule has 1 saturated heterocycles. The first-order valence-electron chi connectivity index (χ1n) is 5.83. The predicted molar refractivity (Wildman–Crippen MR) is 64.9 cm³/mol. The largest absolute Gasteiger partial charge is 0.394 e. The molecule has 3 rings (SSSR count). The molecular weight excluding hydrogens is 252 g/mol. The van der Waals surface area contributed by atoms with Gasteiger partial charge in [0.25, 0.3) is 0 Å². The Labute approximate surface area is 108 Å². The van der Waals surface area contributed by atoms with Gasteiger partial charge in [0.1, 0.15) is 36.1 Å². The lowest BCUT2D eigenvalue weighted by Gasteiger charge is -2.17. The van der Waals surface area contributed by atoms with Crippen molar-refractivity contribution in [1.29, 1.82) is 0 Å². The second-order valence-corrected chi connectivity index (χ2v) is 4.45. The van der Waals surface area contributed by atoms with Gasteiger partial charge < -0.3 is 30.4 Å². The molecule has 2 aromatic heterocycles. The third-order valence-electron chi connectivity index (χ3n) is 3.33. The van der Waals surface area contributed by atoms with Crippen molar-refractivity contribution in [2.45, 2.75) is 24.5 Å². The molecule has 3 heterocycles. The van der Waals surface area contributed by atoms with Crippen molar-refractivity contribution in [3.63, 3.8) is 0 Å². The van der Waals surface area contributed by atoms with Gasteiger partial charge in [-0.15, -0.1) is 0 Å². The first-order chi connectivity index (χ1) is 9.13. The van der Waals surface area contributed by atoms with Crippen molar-refractivity contribution >= 4 is 16.9 Å². The summed E-state index contributed by atoms with van der Waals surface area (Å²) in [5, 5.41) is 29.4. The molecule has 8 heteroatoms. The summed E-state index contributed by atoms with van der Waals surface area (Å²) in [6, 6.07) is 1.71. The minimum atomic E-state index is -1.15. The van der Waals surface area contributed by atoms with Crippen LogP contribution in [-0.2, 0) is 4.74 Å². The van der Waals surface area contributed by atoms with Gasteiger partial charge in [-0.3, -0.25) is 0 Å². The van der Waals surface area contributed by atoms with Gasteiger partial charge in [-0.25, -0.2) is 9.97 Å². The molecule has 19 heavy (non-hydrogen) atoms. The maximum absolute atomic E-state index is 9.98. The molecule has 0 radical (unpaired) electrons. The number of nitrogen functional groups attached to an aromatic ring is 1. The summed E-state index contributed by atoms with van der Waals surface area (Å²) in [5.41, 5.74) is 6.23. The topological polar surface area (TPSA) is 127 Å². The van der Waals surface area contributed by atoms with Crippen molar-refractivity contribution in [2.24, 2.45) is 0 Å². The lowest BCUT2D eigenvalue weighted by molar-refractivity contribution is -0.0508. The van der Waals surface area contributed by atoms with Crippen molar-refractivity contribution in [3.05, 3.63) is 18.6 Å². The van der Waals surface area contributed by atoms with Crippen LogP contribution in [0.25, 0.3) is 11.0 Å². The molecule has 1 aliphatic rings. The van der Waals surface area contributed by atoms with Gasteiger partial charge in [-0.2, -0.15) is 0 Å². The molecule has 0 aliphatic carbocycles. The second kappa shape index (κ2) is 4.42. The van der Waals surface area contributed by atoms with Gasteiger partial charge in [-0.1, -0.05) is 0 Å². The zero-order valence-electron chi connectivity index (χ0n) is 9.92. The average molecular weight is 266 g/mol. The highest BCUT2D eigenvalue weighted by atomic mass is 16.6. The molecule has 0 aromatic carbocycles. The smallest absolute Gasteiger partial charge is 0.164 e. The molecule has 102 valence electrons. The van der Waals surface area contributed by atoms with E-state index in [9.17, 15) is 10.2 Å². The number of nitrogens with zero attached hydrogens (tertiary/aromatic N) is 3. The number of aliphatic hydroxyl groups excluding tert-OH is 3. The monoisotopic (exact) mass is 266 g/mol. The lowest BCUT2D eigenvalue weighted by atomic mass is 10.1. The van der Waals surface area contributed by atoms with Crippen LogP contribution in [0.1, 0.15) is 6.23 Å². The van der Waals surface area contributed by atoms with E-state index in [0.29, 0.717) is 16.9 Å². The molecule has 0 bridgehead atoms. The summed E-state index contributed by atoms with van der Waals surface area (Å²) >= 11 is 0. The Bertz CT molecular complexity index is 601. The number of ether oxygens (including phenoxy) is 1. The summed E-state index contributed by atoms with van der Waals surface area (Å²) in [4.78, 5) is 7.97. The highest BCUT2D eigenvalue weighted by Crippen LogP contribution is 2.32. The quantitative estimate of drug-likeness (QED) is 0.528. The van der Waals surface area contributed by atoms with E-state index < -0.39 is 24.5 Å². The van der Waals surface area contributed by atoms with Crippen LogP contribution in [0, 0.1) is 0 Å². The number of rotatable bonds is 2. The maximum atomic E-state index is 9.98. The van der Waals surface area contributed by atoms with Gasteiger partial charge in [0, 0.05) is 6.20 Å². The summed E-state index contributed by atoms with van der Waals surface area (Å²) in [6.45, 7) is -0.370. The number of aromatic nitrogens is 3. The van der Waals surface area contributed by atoms with Crippen LogP contribution < -0.4 is 5.73 Å². The van der Waals surface area contributed by atoms with E-state index in [4.69, 9.17) is 15.6 Å². The fraction of sp³-hybridized carbons (Fsp3) is 0.455. The van der Waals surface area contributed by atoms with Crippen LogP contribution in [-0.4, -0.2) is 54.8 Å². The fourth-order valence-corrected chi connectivity index (χ4v) is 2.31. The molecule has 0 saturated carbocycles. The minimum absolute atomic E-state index is 0.329. The number of nitrogens with two attached hydrogens (primary N) is 1. The molecular formula is C11H14N4O4. The first kappa shape index (κ1) is 12.3. The van der Waals surface area contributed by atoms with Crippen LogP contribution in [0.4, 0.5) is 5.82 Å². The van der Waals surface area contributed by atoms with Crippen LogP contribution in [0.2, 0.25) is 0 Å². The Balaban J connectivity index is 2.04. The summed E-state index contributed by atoms with van der Waals surface area (Å²) < 4.78 is 7.01. The van der Waals surface area contributed by atoms with Gasteiger partial charge >= 0.3 is 0 Å². The van der Waals surface area contributed by atoms with E-state index in [2.05, 4.69) is 9.97 Å². The van der Waals surface area contributed by atoms with Crippen molar-refractivity contribution in [2.75, 3.05) is 12.3 Å². The summed E-state index contributed by atoms with van der Waals surface area (Å²) in [5.74, 6) is 0.329. The molecule has 8 nitrogen and oxygen atoms in total. The van der Waals surface area contributed by atoms with Gasteiger partial charge in [0.2, 0.25) is 0 Å². The summed E-state index contributed by atoms with van der Waals surface area (Å²) in [6.07, 6.45) is -0.975. The molecule has 1 fully saturated rings. The van der Waals surface area contributed by atoms with E-state index in [0.717, 1.165) is 0 Å². The van der Waals surface area contributed by atoms with E-state index in [1.165, 1.54) is 6.33 Å². The molecule has 0 amide bonds. The first-order valence-corrected chi connectivity index (χ1v) is 5.83. The van der Waals surface area contributed by atoms with Crippen LogP contribution >= 0.6 is 0 Å². The zero-order chi connectivity index (χ0) is 13.6. The Hall–Kier alpha value is -1.74. The third-order valence-corrected chi connectivity index (χ3v) is 3.33. The van der Waals surface area contributed by atoms with Crippen molar-refractivity contribution in [1.82, 2.24) is 14.5 Å². The molecule has 0 spiro atoms. The normalized spacial score (nSPS) is 31.1. The molecule has 3 unspecified atom stereocenters. The standard InChI is InChI=1S/C11H14N4O4/c12-9-5-1-2-15(10(5)14-4-13-9)11-8(18)7(17)6(3-16)19-11/h1-2,4,6-8,11,16-18H,3H2,(H2,12,13,14)/t6?,7?,8?,11-/m0/s1. The molecule has 5 N–H and O–H groups in total. The third kappa shape index (κ3) is 1.77. The molecule has 2 aromatic rings. The van der Waals surface area contributed by atoms with E-state index in [1.807, 2.05) is 0 Å². The lowest BCUT2D eigenvalue weighted by Crippen LogP contribution is -2.33. The number of aliphatic hydroxyl groups is 3. The summed E-state index contributed by atoms with van der Waals surface area (Å²) in [7, 11) is 0. The number of anilines is 1. The SMILES string of the molecule is Nc1ncnc2c1ccn2[C@H]1OC(CO)C(O)C1O. The van der Waals surface area contributed by atoms with Crippen LogP contribution in [0.5, 0.6) is 0 Å². The van der Waals surface area contributed by atoms with E-state index in [-0.39, 0.29) is 6.61 Å². The van der Waals surface area contributed by atoms with Gasteiger partial charge in [0.05, 0.1) is 12.0 Å². The Kier molecular flexibility index (Phi) is 2.86. The maximum Gasteiger partial charge on any atom is 0.164 e. The van der Waals surface area contributed by atoms with Crippen LogP contribution in [0.15, 0.2) is 18.6 Å². The Morgan fingerprint density at radius 3 is 2.79 bits per heavy atom. The number of fused-ring (bicyclic) bond motifs is 1. The highest BCUT2D eigenvalue weighted by Gasteiger charge is 2.43. The average Bonchev–Trinajstić information content (AvgIpc) is 2.94. The minimum Gasteiger partial charge on any atom is -0.394 e. The molecule has 1 aliphatic heterocycles. The Morgan fingerprint density at radius 2 is 2.11 bits per heavy atom. The number of hydrogen-bond acceptors (Lipinski definition) is 7. The predicted octanol–water partition coefficient (Wildman–Crippen LogP) is -1.38. The van der Waals surface area contributed by atoms with Gasteiger partial charge in [0.15, 0.2) is 6.23 Å². The van der Waals surface area contributed by atoms with Crippen molar-refractivity contribution < 1.29 is 20.1 Å². The van der Waals surface area contributed by atoms with Gasteiger partial charge in [-0.05, 0) is 6.07 Å². The van der Waals surface area contributed by atoms with Crippen molar-refractivity contribution in [3.8, 4) is 0 Å². The molecule has 4 atom stereocenters.